The Balaban J connectivity index is 1.49. The number of aromatic nitrogens is 5. The summed E-state index contributed by atoms with van der Waals surface area (Å²) < 4.78 is 2.22. The fraction of sp³-hybridized carbons (Fsp3) is 0.389. The lowest BCUT2D eigenvalue weighted by atomic mass is 10.1. The van der Waals surface area contributed by atoms with E-state index in [9.17, 15) is 0 Å². The topological polar surface area (TPSA) is 62.6 Å². The highest BCUT2D eigenvalue weighted by atomic mass is 35.5. The smallest absolute Gasteiger partial charge is 0.147 e. The summed E-state index contributed by atoms with van der Waals surface area (Å²) in [6, 6.07) is 7.91. The Labute approximate surface area is 151 Å². The molecule has 6 nitrogen and oxygen atoms in total. The Hall–Kier alpha value is -2.18. The Morgan fingerprint density at radius 3 is 2.76 bits per heavy atom. The van der Waals surface area contributed by atoms with Crippen LogP contribution in [0.5, 0.6) is 0 Å². The molecule has 0 atom stereocenters. The van der Waals surface area contributed by atoms with E-state index in [-0.39, 0.29) is 0 Å². The number of benzene rings is 1. The molecule has 130 valence electrons. The highest BCUT2D eigenvalue weighted by Gasteiger charge is 2.22. The Morgan fingerprint density at radius 1 is 1.16 bits per heavy atom. The molecule has 0 saturated carbocycles. The summed E-state index contributed by atoms with van der Waals surface area (Å²) in [6.07, 6.45) is 0.713. The van der Waals surface area contributed by atoms with Crippen molar-refractivity contribution in [3.63, 3.8) is 0 Å². The molecule has 1 aliphatic rings. The maximum Gasteiger partial charge on any atom is 0.147 e. The average Bonchev–Trinajstić information content (AvgIpc) is 3.12. The van der Waals surface area contributed by atoms with Crippen molar-refractivity contribution >= 4 is 11.6 Å². The second-order valence-electron chi connectivity index (χ2n) is 6.56. The van der Waals surface area contributed by atoms with E-state index in [1.165, 1.54) is 0 Å². The van der Waals surface area contributed by atoms with Crippen LogP contribution in [0.15, 0.2) is 24.3 Å². The maximum atomic E-state index is 6.28. The van der Waals surface area contributed by atoms with Crippen LogP contribution < -0.4 is 0 Å². The molecule has 1 aliphatic heterocycles. The van der Waals surface area contributed by atoms with E-state index in [0.717, 1.165) is 65.6 Å². The van der Waals surface area contributed by atoms with Crippen LogP contribution in [0.4, 0.5) is 0 Å². The lowest BCUT2D eigenvalue weighted by Crippen LogP contribution is -2.34. The van der Waals surface area contributed by atoms with Gasteiger partial charge >= 0.3 is 0 Å². The SMILES string of the molecule is Cc1nc(CN2CCn3c(Cc4ccccc4Cl)nnc3C2)c(C)[nH]1. The lowest BCUT2D eigenvalue weighted by molar-refractivity contribution is 0.205. The second-order valence-corrected chi connectivity index (χ2v) is 6.96. The number of hydrogen-bond donors (Lipinski definition) is 1. The fourth-order valence-electron chi connectivity index (χ4n) is 3.37. The average molecular weight is 357 g/mol. The van der Waals surface area contributed by atoms with E-state index >= 15 is 0 Å². The molecule has 0 amide bonds. The van der Waals surface area contributed by atoms with Gasteiger partial charge in [0.1, 0.15) is 17.5 Å². The molecule has 0 fully saturated rings. The first-order valence-electron chi connectivity index (χ1n) is 8.49. The Morgan fingerprint density at radius 2 is 2.00 bits per heavy atom. The van der Waals surface area contributed by atoms with Gasteiger partial charge in [0, 0.05) is 36.8 Å². The summed E-state index contributed by atoms with van der Waals surface area (Å²) in [5.74, 6) is 2.96. The number of nitrogens with zero attached hydrogens (tertiary/aromatic N) is 5. The summed E-state index contributed by atoms with van der Waals surface area (Å²) in [6.45, 7) is 7.55. The number of nitrogens with one attached hydrogen (secondary N) is 1. The molecule has 7 heteroatoms. The van der Waals surface area contributed by atoms with Gasteiger partial charge in [-0.25, -0.2) is 4.98 Å². The van der Waals surface area contributed by atoms with Crippen LogP contribution in [0.2, 0.25) is 5.02 Å². The molecule has 0 aliphatic carbocycles. The van der Waals surface area contributed by atoms with Gasteiger partial charge in [-0.1, -0.05) is 29.8 Å². The minimum atomic E-state index is 0.713. The molecule has 0 spiro atoms. The molecule has 0 radical (unpaired) electrons. The van der Waals surface area contributed by atoms with Crippen molar-refractivity contribution < 1.29 is 0 Å². The van der Waals surface area contributed by atoms with Gasteiger partial charge in [0.05, 0.1) is 12.2 Å². The molecular formula is C18H21ClN6. The van der Waals surface area contributed by atoms with Crippen molar-refractivity contribution in [2.45, 2.75) is 39.9 Å². The number of halogens is 1. The van der Waals surface area contributed by atoms with Gasteiger partial charge in [0.25, 0.3) is 0 Å². The van der Waals surface area contributed by atoms with Gasteiger partial charge in [-0.15, -0.1) is 10.2 Å². The van der Waals surface area contributed by atoms with Crippen LogP contribution in [0.1, 0.15) is 34.4 Å². The van der Waals surface area contributed by atoms with Gasteiger partial charge in [0.2, 0.25) is 0 Å². The molecule has 1 aromatic carbocycles. The van der Waals surface area contributed by atoms with Crippen LogP contribution in [-0.2, 0) is 26.1 Å². The molecule has 0 unspecified atom stereocenters. The molecular weight excluding hydrogens is 336 g/mol. The molecule has 0 saturated heterocycles. The number of rotatable bonds is 4. The largest absolute Gasteiger partial charge is 0.346 e. The third kappa shape index (κ3) is 3.32. The molecule has 3 aromatic rings. The van der Waals surface area contributed by atoms with Gasteiger partial charge < -0.3 is 9.55 Å². The van der Waals surface area contributed by atoms with Gasteiger partial charge in [-0.05, 0) is 25.5 Å². The fourth-order valence-corrected chi connectivity index (χ4v) is 3.57. The van der Waals surface area contributed by atoms with E-state index < -0.39 is 0 Å². The number of fused-ring (bicyclic) bond motifs is 1. The van der Waals surface area contributed by atoms with E-state index in [4.69, 9.17) is 11.6 Å². The van der Waals surface area contributed by atoms with Gasteiger partial charge in [-0.2, -0.15) is 0 Å². The third-order valence-electron chi connectivity index (χ3n) is 4.69. The van der Waals surface area contributed by atoms with E-state index in [1.54, 1.807) is 0 Å². The highest BCUT2D eigenvalue weighted by Crippen LogP contribution is 2.21. The number of aromatic amines is 1. The van der Waals surface area contributed by atoms with Crippen molar-refractivity contribution in [3.05, 3.63) is 63.7 Å². The van der Waals surface area contributed by atoms with Crippen LogP contribution in [0.3, 0.4) is 0 Å². The van der Waals surface area contributed by atoms with Crippen molar-refractivity contribution in [3.8, 4) is 0 Å². The zero-order chi connectivity index (χ0) is 17.4. The predicted octanol–water partition coefficient (Wildman–Crippen LogP) is 2.88. The predicted molar refractivity (Wildman–Crippen MR) is 96.5 cm³/mol. The summed E-state index contributed by atoms with van der Waals surface area (Å²) in [5, 5.41) is 9.58. The molecule has 0 bridgehead atoms. The van der Waals surface area contributed by atoms with E-state index in [1.807, 2.05) is 31.2 Å². The summed E-state index contributed by atoms with van der Waals surface area (Å²) in [4.78, 5) is 10.2. The highest BCUT2D eigenvalue weighted by molar-refractivity contribution is 6.31. The van der Waals surface area contributed by atoms with E-state index in [2.05, 4.69) is 36.6 Å². The minimum Gasteiger partial charge on any atom is -0.346 e. The first-order valence-corrected chi connectivity index (χ1v) is 8.87. The van der Waals surface area contributed by atoms with Crippen molar-refractivity contribution in [2.24, 2.45) is 0 Å². The number of imidazole rings is 1. The van der Waals surface area contributed by atoms with Gasteiger partial charge in [0.15, 0.2) is 0 Å². The zero-order valence-corrected chi connectivity index (χ0v) is 15.2. The molecule has 1 N–H and O–H groups in total. The summed E-state index contributed by atoms with van der Waals surface area (Å²) >= 11 is 6.28. The molecule has 4 rings (SSSR count). The quantitative estimate of drug-likeness (QED) is 0.780. The normalized spacial score (nSPS) is 14.7. The number of aryl methyl sites for hydroxylation is 2. The van der Waals surface area contributed by atoms with Gasteiger partial charge in [-0.3, -0.25) is 4.90 Å². The van der Waals surface area contributed by atoms with Crippen LogP contribution in [-0.4, -0.2) is 36.2 Å². The molecule has 25 heavy (non-hydrogen) atoms. The molecule has 2 aromatic heterocycles. The van der Waals surface area contributed by atoms with Crippen LogP contribution in [0.25, 0.3) is 0 Å². The summed E-state index contributed by atoms with van der Waals surface area (Å²) in [7, 11) is 0. The van der Waals surface area contributed by atoms with Crippen molar-refractivity contribution in [1.29, 1.82) is 0 Å². The number of H-pyrrole nitrogens is 1. The third-order valence-corrected chi connectivity index (χ3v) is 5.06. The zero-order valence-electron chi connectivity index (χ0n) is 14.5. The standard InChI is InChI=1S/C18H21ClN6/c1-12-16(21-13(2)20-12)10-24-7-8-25-17(22-23-18(25)11-24)9-14-5-3-4-6-15(14)19/h3-6H,7-11H2,1-2H3,(H,20,21). The first kappa shape index (κ1) is 16.3. The number of hydrogen-bond acceptors (Lipinski definition) is 4. The Kier molecular flexibility index (Phi) is 4.31. The first-order chi connectivity index (χ1) is 12.1. The van der Waals surface area contributed by atoms with Crippen molar-refractivity contribution in [2.75, 3.05) is 6.54 Å². The van der Waals surface area contributed by atoms with E-state index in [0.29, 0.717) is 6.42 Å². The Bertz CT molecular complexity index is 897. The minimum absolute atomic E-state index is 0.713. The van der Waals surface area contributed by atoms with Crippen LogP contribution in [0, 0.1) is 13.8 Å². The molecule has 3 heterocycles. The van der Waals surface area contributed by atoms with Crippen molar-refractivity contribution in [1.82, 2.24) is 29.6 Å². The van der Waals surface area contributed by atoms with Crippen LogP contribution >= 0.6 is 11.6 Å². The second kappa shape index (κ2) is 6.61. The summed E-state index contributed by atoms with van der Waals surface area (Å²) in [5.41, 5.74) is 3.34. The monoisotopic (exact) mass is 356 g/mol. The maximum absolute atomic E-state index is 6.28. The lowest BCUT2D eigenvalue weighted by Gasteiger charge is -2.27.